The molecule has 0 aliphatic heterocycles. The van der Waals surface area contributed by atoms with E-state index in [1.807, 2.05) is 0 Å². The molecule has 1 aliphatic carbocycles. The Morgan fingerprint density at radius 2 is 1.79 bits per heavy atom. The largest absolute Gasteiger partial charge is 0.317 e. The van der Waals surface area contributed by atoms with Crippen molar-refractivity contribution in [2.45, 2.75) is 31.2 Å². The van der Waals surface area contributed by atoms with Crippen molar-refractivity contribution in [3.63, 3.8) is 0 Å². The van der Waals surface area contributed by atoms with Crippen molar-refractivity contribution >= 4 is 0 Å². The second-order valence-electron chi connectivity index (χ2n) is 5.51. The van der Waals surface area contributed by atoms with Gasteiger partial charge in [-0.2, -0.15) is 0 Å². The van der Waals surface area contributed by atoms with Crippen LogP contribution in [0.25, 0.3) is 0 Å². The Balaban J connectivity index is 1.63. The lowest BCUT2D eigenvalue weighted by Gasteiger charge is -2.33. The minimum absolute atomic E-state index is 0.570. The summed E-state index contributed by atoms with van der Waals surface area (Å²) in [5, 5.41) is 3.48. The third-order valence-electron chi connectivity index (χ3n) is 4.26. The van der Waals surface area contributed by atoms with E-state index in [4.69, 9.17) is 0 Å². The molecule has 2 aromatic rings. The van der Waals surface area contributed by atoms with E-state index in [9.17, 15) is 0 Å². The van der Waals surface area contributed by atoms with Crippen LogP contribution in [-0.2, 0) is 12.8 Å². The maximum absolute atomic E-state index is 3.48. The molecular weight excluding hydrogens is 230 g/mol. The Labute approximate surface area is 115 Å². The molecule has 19 heavy (non-hydrogen) atoms. The van der Waals surface area contributed by atoms with E-state index in [0.29, 0.717) is 6.04 Å². The van der Waals surface area contributed by atoms with E-state index in [0.717, 1.165) is 12.3 Å². The lowest BCUT2D eigenvalue weighted by atomic mass is 9.74. The molecule has 0 saturated heterocycles. The molecule has 3 rings (SSSR count). The summed E-state index contributed by atoms with van der Waals surface area (Å²) in [6, 6.07) is 20.2. The monoisotopic (exact) mass is 251 g/mol. The van der Waals surface area contributed by atoms with Crippen LogP contribution in [0.15, 0.2) is 54.6 Å². The van der Waals surface area contributed by atoms with Gasteiger partial charge in [0.05, 0.1) is 0 Å². The van der Waals surface area contributed by atoms with E-state index in [-0.39, 0.29) is 0 Å². The maximum Gasteiger partial charge on any atom is 0.0110 e. The molecule has 0 heterocycles. The summed E-state index contributed by atoms with van der Waals surface area (Å²) in [4.78, 5) is 0. The highest BCUT2D eigenvalue weighted by molar-refractivity contribution is 5.40. The van der Waals surface area contributed by atoms with Crippen molar-refractivity contribution in [1.29, 1.82) is 0 Å². The lowest BCUT2D eigenvalue weighted by Crippen LogP contribution is -2.32. The van der Waals surface area contributed by atoms with Crippen molar-refractivity contribution in [3.05, 3.63) is 71.3 Å². The van der Waals surface area contributed by atoms with Crippen LogP contribution in [0.1, 0.15) is 29.0 Å². The number of nitrogens with one attached hydrogen (secondary N) is 1. The minimum Gasteiger partial charge on any atom is -0.317 e. The Hall–Kier alpha value is -1.60. The van der Waals surface area contributed by atoms with Crippen molar-refractivity contribution < 1.29 is 0 Å². The van der Waals surface area contributed by atoms with Gasteiger partial charge in [-0.1, -0.05) is 54.6 Å². The average molecular weight is 251 g/mol. The van der Waals surface area contributed by atoms with Crippen LogP contribution < -0.4 is 5.32 Å². The van der Waals surface area contributed by atoms with Gasteiger partial charge in [0, 0.05) is 6.04 Å². The second-order valence-corrected chi connectivity index (χ2v) is 5.51. The van der Waals surface area contributed by atoms with Crippen molar-refractivity contribution in [2.24, 2.45) is 0 Å². The fourth-order valence-electron chi connectivity index (χ4n) is 3.12. The van der Waals surface area contributed by atoms with Crippen LogP contribution in [0.2, 0.25) is 0 Å². The van der Waals surface area contributed by atoms with Gasteiger partial charge in [0.2, 0.25) is 0 Å². The van der Waals surface area contributed by atoms with Crippen LogP contribution in [-0.4, -0.2) is 13.1 Å². The molecular formula is C18H21N. The molecule has 2 aromatic carbocycles. The lowest BCUT2D eigenvalue weighted by molar-refractivity contribution is 0.438. The van der Waals surface area contributed by atoms with Gasteiger partial charge in [-0.3, -0.25) is 0 Å². The summed E-state index contributed by atoms with van der Waals surface area (Å²) in [7, 11) is 2.08. The molecule has 0 saturated carbocycles. The Kier molecular flexibility index (Phi) is 3.65. The van der Waals surface area contributed by atoms with Crippen LogP contribution >= 0.6 is 0 Å². The molecule has 2 atom stereocenters. The normalized spacial score (nSPS) is 18.5. The van der Waals surface area contributed by atoms with Gasteiger partial charge in [0.25, 0.3) is 0 Å². The predicted molar refractivity (Wildman–Crippen MR) is 80.5 cm³/mol. The molecule has 0 radical (unpaired) electrons. The molecule has 0 fully saturated rings. The summed E-state index contributed by atoms with van der Waals surface area (Å²) >= 11 is 0. The van der Waals surface area contributed by atoms with Crippen molar-refractivity contribution in [3.8, 4) is 0 Å². The van der Waals surface area contributed by atoms with Gasteiger partial charge < -0.3 is 5.32 Å². The molecule has 1 heteroatoms. The first kappa shape index (κ1) is 12.4. The number of benzene rings is 2. The van der Waals surface area contributed by atoms with Crippen LogP contribution in [0.4, 0.5) is 0 Å². The Morgan fingerprint density at radius 1 is 1.05 bits per heavy atom. The van der Waals surface area contributed by atoms with Crippen LogP contribution in [0.3, 0.4) is 0 Å². The van der Waals surface area contributed by atoms with Crippen LogP contribution in [0, 0.1) is 0 Å². The minimum atomic E-state index is 0.570. The maximum atomic E-state index is 3.48. The summed E-state index contributed by atoms with van der Waals surface area (Å²) in [5.41, 5.74) is 4.53. The Bertz CT molecular complexity index is 532. The summed E-state index contributed by atoms with van der Waals surface area (Å²) in [6.45, 7) is 0. The van der Waals surface area contributed by atoms with Gasteiger partial charge in [-0.05, 0) is 48.9 Å². The fraction of sp³-hybridized carbons (Fsp3) is 0.333. The quantitative estimate of drug-likeness (QED) is 0.857. The highest BCUT2D eigenvalue weighted by Crippen LogP contribution is 2.38. The zero-order chi connectivity index (χ0) is 13.1. The first-order chi connectivity index (χ1) is 9.36. The second kappa shape index (κ2) is 5.58. The molecule has 1 N–H and O–H groups in total. The average Bonchev–Trinajstić information content (AvgIpc) is 2.44. The number of fused-ring (bicyclic) bond motifs is 1. The molecule has 0 aromatic heterocycles. The molecule has 1 nitrogen and oxygen atoms in total. The first-order valence-electron chi connectivity index (χ1n) is 7.16. The molecule has 0 bridgehead atoms. The van der Waals surface area contributed by atoms with E-state index in [1.54, 1.807) is 11.1 Å². The van der Waals surface area contributed by atoms with E-state index in [2.05, 4.69) is 67.0 Å². The fourth-order valence-corrected chi connectivity index (χ4v) is 3.12. The predicted octanol–water partition coefficient (Wildman–Crippen LogP) is 3.55. The van der Waals surface area contributed by atoms with Gasteiger partial charge in [0.15, 0.2) is 0 Å². The molecule has 98 valence electrons. The van der Waals surface area contributed by atoms with Gasteiger partial charge >= 0.3 is 0 Å². The third-order valence-corrected chi connectivity index (χ3v) is 4.26. The highest BCUT2D eigenvalue weighted by Gasteiger charge is 2.27. The summed E-state index contributed by atoms with van der Waals surface area (Å²) < 4.78 is 0. The first-order valence-corrected chi connectivity index (χ1v) is 7.16. The highest BCUT2D eigenvalue weighted by atomic mass is 14.9. The molecule has 2 unspecified atom stereocenters. The number of rotatable bonds is 5. The van der Waals surface area contributed by atoms with Gasteiger partial charge in [0.1, 0.15) is 0 Å². The van der Waals surface area contributed by atoms with Gasteiger partial charge in [-0.15, -0.1) is 0 Å². The molecule has 1 aliphatic rings. The van der Waals surface area contributed by atoms with E-state index >= 15 is 0 Å². The Morgan fingerprint density at radius 3 is 2.53 bits per heavy atom. The van der Waals surface area contributed by atoms with Crippen molar-refractivity contribution in [1.82, 2.24) is 5.32 Å². The number of hydrogen-bond donors (Lipinski definition) is 1. The smallest absolute Gasteiger partial charge is 0.0110 e. The summed E-state index contributed by atoms with van der Waals surface area (Å²) in [5.74, 6) is 0.748. The van der Waals surface area contributed by atoms with Gasteiger partial charge in [-0.25, -0.2) is 0 Å². The van der Waals surface area contributed by atoms with E-state index in [1.165, 1.54) is 18.4 Å². The summed E-state index contributed by atoms with van der Waals surface area (Å²) in [6.07, 6.45) is 3.61. The zero-order valence-corrected chi connectivity index (χ0v) is 11.5. The third kappa shape index (κ3) is 2.71. The standard InChI is InChI=1S/C18H21N/c1-19-17(11-14-7-3-2-4-8-14)13-16-12-15-9-5-6-10-18(15)16/h2-10,16-17,19H,11-13H2,1H3. The van der Waals surface area contributed by atoms with Crippen LogP contribution in [0.5, 0.6) is 0 Å². The molecule has 0 amide bonds. The van der Waals surface area contributed by atoms with Crippen molar-refractivity contribution in [2.75, 3.05) is 7.05 Å². The topological polar surface area (TPSA) is 12.0 Å². The number of hydrogen-bond acceptors (Lipinski definition) is 1. The molecule has 0 spiro atoms. The number of likely N-dealkylation sites (N-methyl/N-ethyl adjacent to an activating group) is 1. The van der Waals surface area contributed by atoms with E-state index < -0.39 is 0 Å². The SMILES string of the molecule is CNC(Cc1ccccc1)CC1Cc2ccccc21. The zero-order valence-electron chi connectivity index (χ0n) is 11.5.